The third kappa shape index (κ3) is 2.82. The molecule has 0 atom stereocenters. The Morgan fingerprint density at radius 3 is 2.69 bits per heavy atom. The van der Waals surface area contributed by atoms with Crippen LogP contribution in [0, 0.1) is 10.1 Å². The standard InChI is InChI=1S/C8H5BrClNO2/c9-7-4-2-1-3-6(7)5-8(10)11(12)13/h1-5H/b8-5+. The van der Waals surface area contributed by atoms with Crippen molar-refractivity contribution in [3.63, 3.8) is 0 Å². The number of hydrogen-bond acceptors (Lipinski definition) is 2. The van der Waals surface area contributed by atoms with E-state index in [0.717, 1.165) is 4.47 Å². The van der Waals surface area contributed by atoms with E-state index in [2.05, 4.69) is 15.9 Å². The quantitative estimate of drug-likeness (QED) is 0.466. The van der Waals surface area contributed by atoms with Crippen LogP contribution in [-0.2, 0) is 0 Å². The first kappa shape index (κ1) is 10.2. The third-order valence-electron chi connectivity index (χ3n) is 1.35. The number of nitro groups is 1. The van der Waals surface area contributed by atoms with Gasteiger partial charge in [-0.1, -0.05) is 34.1 Å². The van der Waals surface area contributed by atoms with Gasteiger partial charge in [0.2, 0.25) is 0 Å². The average Bonchev–Trinajstić information content (AvgIpc) is 2.08. The van der Waals surface area contributed by atoms with Crippen molar-refractivity contribution in [1.29, 1.82) is 0 Å². The van der Waals surface area contributed by atoms with E-state index in [-0.39, 0.29) is 0 Å². The molecule has 0 aliphatic heterocycles. The minimum absolute atomic E-state index is 0.396. The molecule has 68 valence electrons. The summed E-state index contributed by atoms with van der Waals surface area (Å²) in [4.78, 5) is 9.57. The highest BCUT2D eigenvalue weighted by Gasteiger charge is 2.06. The van der Waals surface area contributed by atoms with Crippen LogP contribution in [-0.4, -0.2) is 4.92 Å². The number of halogens is 2. The smallest absolute Gasteiger partial charge is 0.257 e. The second-order valence-corrected chi connectivity index (χ2v) is 3.49. The minimum atomic E-state index is -0.638. The molecule has 0 unspecified atom stereocenters. The van der Waals surface area contributed by atoms with Gasteiger partial charge >= 0.3 is 5.16 Å². The lowest BCUT2D eigenvalue weighted by atomic mass is 10.2. The molecule has 0 fully saturated rings. The highest BCUT2D eigenvalue weighted by Crippen LogP contribution is 2.19. The summed E-state index contributed by atoms with van der Waals surface area (Å²) < 4.78 is 0.773. The summed E-state index contributed by atoms with van der Waals surface area (Å²) in [5, 5.41) is 9.81. The van der Waals surface area contributed by atoms with Crippen LogP contribution >= 0.6 is 27.5 Å². The minimum Gasteiger partial charge on any atom is -0.257 e. The molecule has 1 aromatic carbocycles. The Kier molecular flexibility index (Phi) is 3.45. The van der Waals surface area contributed by atoms with E-state index in [4.69, 9.17) is 11.6 Å². The molecule has 0 bridgehead atoms. The van der Waals surface area contributed by atoms with Gasteiger partial charge in [0, 0.05) is 10.5 Å². The topological polar surface area (TPSA) is 43.1 Å². The maximum Gasteiger partial charge on any atom is 0.337 e. The Labute approximate surface area is 88.3 Å². The van der Waals surface area contributed by atoms with E-state index < -0.39 is 10.1 Å². The predicted molar refractivity (Wildman–Crippen MR) is 55.0 cm³/mol. The molecule has 0 aromatic heterocycles. The highest BCUT2D eigenvalue weighted by atomic mass is 79.9. The van der Waals surface area contributed by atoms with Crippen LogP contribution < -0.4 is 0 Å². The molecule has 0 spiro atoms. The maximum absolute atomic E-state index is 10.2. The van der Waals surface area contributed by atoms with Gasteiger partial charge in [0.15, 0.2) is 0 Å². The van der Waals surface area contributed by atoms with Gasteiger partial charge in [-0.25, -0.2) is 0 Å². The summed E-state index contributed by atoms with van der Waals surface area (Å²) in [5.41, 5.74) is 0.684. The van der Waals surface area contributed by atoms with Gasteiger partial charge in [0.25, 0.3) is 0 Å². The Bertz CT molecular complexity index is 365. The monoisotopic (exact) mass is 261 g/mol. The summed E-state index contributed by atoms with van der Waals surface area (Å²) >= 11 is 8.61. The summed E-state index contributed by atoms with van der Waals surface area (Å²) in [6, 6.07) is 7.12. The normalized spacial score (nSPS) is 11.4. The van der Waals surface area contributed by atoms with E-state index in [0.29, 0.717) is 5.56 Å². The molecule has 0 amide bonds. The lowest BCUT2D eigenvalue weighted by Gasteiger charge is -1.95. The predicted octanol–water partition coefficient (Wildman–Crippen LogP) is 3.26. The molecule has 3 nitrogen and oxygen atoms in total. The van der Waals surface area contributed by atoms with Crippen LogP contribution in [0.2, 0.25) is 0 Å². The zero-order chi connectivity index (χ0) is 9.84. The molecule has 0 aliphatic rings. The number of nitrogens with zero attached hydrogens (tertiary/aromatic N) is 1. The van der Waals surface area contributed by atoms with E-state index in [1.807, 2.05) is 6.07 Å². The molecule has 0 aliphatic carbocycles. The fourth-order valence-electron chi connectivity index (χ4n) is 0.773. The molecule has 0 heterocycles. The van der Waals surface area contributed by atoms with Crippen molar-refractivity contribution in [3.8, 4) is 0 Å². The van der Waals surface area contributed by atoms with E-state index >= 15 is 0 Å². The number of benzene rings is 1. The molecule has 13 heavy (non-hydrogen) atoms. The third-order valence-corrected chi connectivity index (χ3v) is 2.32. The van der Waals surface area contributed by atoms with Crippen LogP contribution in [0.1, 0.15) is 5.56 Å². The van der Waals surface area contributed by atoms with Gasteiger partial charge in [-0.2, -0.15) is 0 Å². The zero-order valence-electron chi connectivity index (χ0n) is 6.41. The van der Waals surface area contributed by atoms with Gasteiger partial charge in [-0.15, -0.1) is 0 Å². The first-order valence-corrected chi connectivity index (χ1v) is 4.54. The average molecular weight is 262 g/mol. The molecular weight excluding hydrogens is 257 g/mol. The maximum atomic E-state index is 10.2. The van der Waals surface area contributed by atoms with Crippen LogP contribution in [0.4, 0.5) is 0 Å². The molecule has 1 aromatic rings. The summed E-state index contributed by atoms with van der Waals surface area (Å²) in [6.07, 6.45) is 1.30. The number of hydrogen-bond donors (Lipinski definition) is 0. The lowest BCUT2D eigenvalue weighted by molar-refractivity contribution is -0.410. The molecule has 5 heteroatoms. The summed E-state index contributed by atoms with van der Waals surface area (Å²) in [7, 11) is 0. The zero-order valence-corrected chi connectivity index (χ0v) is 8.75. The second-order valence-electron chi connectivity index (χ2n) is 2.25. The fourth-order valence-corrected chi connectivity index (χ4v) is 1.29. The molecule has 0 saturated carbocycles. The molecule has 0 N–H and O–H groups in total. The van der Waals surface area contributed by atoms with Crippen molar-refractivity contribution < 1.29 is 4.92 Å². The van der Waals surface area contributed by atoms with Crippen molar-refractivity contribution >= 4 is 33.6 Å². The first-order valence-electron chi connectivity index (χ1n) is 3.37. The van der Waals surface area contributed by atoms with Gasteiger partial charge in [-0.3, -0.25) is 10.1 Å². The van der Waals surface area contributed by atoms with Gasteiger partial charge < -0.3 is 0 Å². The highest BCUT2D eigenvalue weighted by molar-refractivity contribution is 9.10. The van der Waals surface area contributed by atoms with Crippen molar-refractivity contribution in [2.75, 3.05) is 0 Å². The Balaban J connectivity index is 3.04. The largest absolute Gasteiger partial charge is 0.337 e. The molecule has 1 rings (SSSR count). The van der Waals surface area contributed by atoms with Gasteiger partial charge in [-0.05, 0) is 23.2 Å². The SMILES string of the molecule is O=[N+]([O-])/C(Cl)=C/c1ccccc1Br. The van der Waals surface area contributed by atoms with Crippen molar-refractivity contribution in [1.82, 2.24) is 0 Å². The van der Waals surface area contributed by atoms with Crippen LogP contribution in [0.3, 0.4) is 0 Å². The first-order chi connectivity index (χ1) is 6.11. The lowest BCUT2D eigenvalue weighted by Crippen LogP contribution is -1.90. The van der Waals surface area contributed by atoms with Crippen LogP contribution in [0.25, 0.3) is 6.08 Å². The van der Waals surface area contributed by atoms with Crippen LogP contribution in [0.15, 0.2) is 33.9 Å². The van der Waals surface area contributed by atoms with E-state index in [1.54, 1.807) is 18.2 Å². The fraction of sp³-hybridized carbons (Fsp3) is 0. The second kappa shape index (κ2) is 4.39. The Morgan fingerprint density at radius 1 is 1.54 bits per heavy atom. The van der Waals surface area contributed by atoms with Crippen LogP contribution in [0.5, 0.6) is 0 Å². The van der Waals surface area contributed by atoms with Crippen molar-refractivity contribution in [3.05, 3.63) is 49.6 Å². The summed E-state index contributed by atoms with van der Waals surface area (Å²) in [5.74, 6) is 0. The van der Waals surface area contributed by atoms with E-state index in [1.165, 1.54) is 6.08 Å². The Morgan fingerprint density at radius 2 is 2.15 bits per heavy atom. The number of rotatable bonds is 2. The van der Waals surface area contributed by atoms with Gasteiger partial charge in [0.05, 0.1) is 4.92 Å². The Hall–Kier alpha value is -0.870. The van der Waals surface area contributed by atoms with Crippen molar-refractivity contribution in [2.24, 2.45) is 0 Å². The van der Waals surface area contributed by atoms with E-state index in [9.17, 15) is 10.1 Å². The molecule has 0 saturated heterocycles. The van der Waals surface area contributed by atoms with Crippen molar-refractivity contribution in [2.45, 2.75) is 0 Å². The molecular formula is C8H5BrClNO2. The summed E-state index contributed by atoms with van der Waals surface area (Å²) in [6.45, 7) is 0. The molecule has 0 radical (unpaired) electrons. The van der Waals surface area contributed by atoms with Gasteiger partial charge in [0.1, 0.15) is 0 Å².